The second-order valence-electron chi connectivity index (χ2n) is 8.10. The number of benzene rings is 2. The van der Waals surface area contributed by atoms with Crippen molar-refractivity contribution in [1.29, 1.82) is 0 Å². The maximum atomic E-state index is 13.6. The maximum Gasteiger partial charge on any atom is 0.290 e. The molecule has 0 saturated carbocycles. The summed E-state index contributed by atoms with van der Waals surface area (Å²) < 4.78 is 17.4. The summed E-state index contributed by atoms with van der Waals surface area (Å²) in [7, 11) is 1.46. The molecule has 9 heteroatoms. The molecular formula is C24H23BrN2O6. The van der Waals surface area contributed by atoms with Crippen molar-refractivity contribution in [2.75, 3.05) is 46.5 Å². The molecule has 1 amide bonds. The van der Waals surface area contributed by atoms with Gasteiger partial charge in [0.15, 0.2) is 16.9 Å². The third-order valence-electron chi connectivity index (χ3n) is 6.21. The first kappa shape index (κ1) is 21.9. The second-order valence-corrected chi connectivity index (χ2v) is 9.02. The second kappa shape index (κ2) is 8.81. The fourth-order valence-electron chi connectivity index (χ4n) is 4.51. The number of hydrogen-bond acceptors (Lipinski definition) is 7. The van der Waals surface area contributed by atoms with Crippen LogP contribution < -0.4 is 10.2 Å². The Morgan fingerprint density at radius 1 is 1.12 bits per heavy atom. The smallest absolute Gasteiger partial charge is 0.290 e. The van der Waals surface area contributed by atoms with Crippen molar-refractivity contribution in [2.45, 2.75) is 6.04 Å². The number of phenolic OH excluding ortho intramolecular Hbond substituents is 1. The molecule has 5 rings (SSSR count). The number of aromatic hydroxyl groups is 1. The van der Waals surface area contributed by atoms with Crippen molar-refractivity contribution in [3.8, 4) is 11.5 Å². The van der Waals surface area contributed by atoms with E-state index in [2.05, 4.69) is 20.8 Å². The van der Waals surface area contributed by atoms with Crippen molar-refractivity contribution in [1.82, 2.24) is 9.80 Å². The van der Waals surface area contributed by atoms with Gasteiger partial charge in [0.25, 0.3) is 5.91 Å². The van der Waals surface area contributed by atoms with Crippen LogP contribution in [0.3, 0.4) is 0 Å². The number of morpholine rings is 1. The van der Waals surface area contributed by atoms with Crippen LogP contribution >= 0.6 is 15.9 Å². The summed E-state index contributed by atoms with van der Waals surface area (Å²) in [5.41, 5.74) is 1.10. The van der Waals surface area contributed by atoms with Crippen LogP contribution in [0, 0.1) is 0 Å². The first-order valence-electron chi connectivity index (χ1n) is 10.7. The number of fused-ring (bicyclic) bond motifs is 2. The number of hydrogen-bond donors (Lipinski definition) is 1. The van der Waals surface area contributed by atoms with Crippen LogP contribution in [0.25, 0.3) is 11.0 Å². The van der Waals surface area contributed by atoms with Gasteiger partial charge in [0, 0.05) is 30.7 Å². The highest BCUT2D eigenvalue weighted by atomic mass is 79.9. The Morgan fingerprint density at radius 2 is 1.91 bits per heavy atom. The lowest BCUT2D eigenvalue weighted by Gasteiger charge is -2.31. The van der Waals surface area contributed by atoms with Gasteiger partial charge < -0.3 is 23.9 Å². The van der Waals surface area contributed by atoms with Crippen molar-refractivity contribution < 1.29 is 23.8 Å². The zero-order valence-electron chi connectivity index (χ0n) is 18.0. The van der Waals surface area contributed by atoms with E-state index >= 15 is 0 Å². The molecule has 1 fully saturated rings. The van der Waals surface area contributed by atoms with Gasteiger partial charge in [-0.25, -0.2) is 0 Å². The zero-order valence-corrected chi connectivity index (χ0v) is 19.6. The number of methoxy groups -OCH3 is 1. The Kier molecular flexibility index (Phi) is 5.86. The van der Waals surface area contributed by atoms with Crippen molar-refractivity contribution in [3.05, 3.63) is 68.0 Å². The average Bonchev–Trinajstić information content (AvgIpc) is 3.11. The van der Waals surface area contributed by atoms with Gasteiger partial charge in [-0.15, -0.1) is 0 Å². The molecule has 0 bridgehead atoms. The van der Waals surface area contributed by atoms with Crippen LogP contribution in [0.2, 0.25) is 0 Å². The lowest BCUT2D eigenvalue weighted by Crippen LogP contribution is -2.42. The van der Waals surface area contributed by atoms with Crippen LogP contribution in [-0.2, 0) is 4.74 Å². The van der Waals surface area contributed by atoms with Crippen LogP contribution in [0.15, 0.2) is 50.1 Å². The maximum absolute atomic E-state index is 13.6. The molecule has 2 aliphatic heterocycles. The van der Waals surface area contributed by atoms with Crippen LogP contribution in [-0.4, -0.2) is 67.3 Å². The van der Waals surface area contributed by atoms with Gasteiger partial charge in [-0.2, -0.15) is 0 Å². The van der Waals surface area contributed by atoms with Gasteiger partial charge in [0.1, 0.15) is 5.58 Å². The van der Waals surface area contributed by atoms with Crippen LogP contribution in [0.1, 0.15) is 27.7 Å². The van der Waals surface area contributed by atoms with E-state index in [9.17, 15) is 14.7 Å². The Balaban J connectivity index is 1.63. The lowest BCUT2D eigenvalue weighted by atomic mass is 9.98. The minimum atomic E-state index is -0.650. The fourth-order valence-corrected chi connectivity index (χ4v) is 4.87. The average molecular weight is 515 g/mol. The molecule has 3 heterocycles. The molecule has 1 aromatic heterocycles. The van der Waals surface area contributed by atoms with Crippen molar-refractivity contribution in [2.24, 2.45) is 0 Å². The molecule has 0 radical (unpaired) electrons. The van der Waals surface area contributed by atoms with Gasteiger partial charge in [0.2, 0.25) is 5.76 Å². The summed E-state index contributed by atoms with van der Waals surface area (Å²) in [6.07, 6.45) is 0. The van der Waals surface area contributed by atoms with Crippen molar-refractivity contribution >= 4 is 32.8 Å². The summed E-state index contributed by atoms with van der Waals surface area (Å²) in [4.78, 5) is 31.0. The van der Waals surface area contributed by atoms with Gasteiger partial charge in [-0.3, -0.25) is 14.5 Å². The molecule has 1 saturated heterocycles. The summed E-state index contributed by atoms with van der Waals surface area (Å²) >= 11 is 3.41. The molecule has 33 heavy (non-hydrogen) atoms. The highest BCUT2D eigenvalue weighted by molar-refractivity contribution is 9.10. The first-order valence-corrected chi connectivity index (χ1v) is 11.5. The van der Waals surface area contributed by atoms with E-state index in [0.29, 0.717) is 48.4 Å². The molecule has 172 valence electrons. The molecule has 2 aromatic carbocycles. The Morgan fingerprint density at radius 3 is 2.67 bits per heavy atom. The normalized spacial score (nSPS) is 18.7. The number of nitrogens with zero attached hydrogens (tertiary/aromatic N) is 2. The van der Waals surface area contributed by atoms with E-state index in [1.165, 1.54) is 13.2 Å². The molecule has 0 spiro atoms. The SMILES string of the molecule is COc1cc(C2c3c(oc4ccc(Br)cc4c3=O)C(=O)N2CCN2CCOCC2)ccc1O. The summed E-state index contributed by atoms with van der Waals surface area (Å²) in [5, 5.41) is 10.5. The minimum Gasteiger partial charge on any atom is -0.504 e. The Hall–Kier alpha value is -2.88. The first-order chi connectivity index (χ1) is 16.0. The number of ether oxygens (including phenoxy) is 2. The van der Waals surface area contributed by atoms with Crippen molar-refractivity contribution in [3.63, 3.8) is 0 Å². The molecular weight excluding hydrogens is 492 g/mol. The van der Waals surface area contributed by atoms with Gasteiger partial charge in [0.05, 0.1) is 37.3 Å². The largest absolute Gasteiger partial charge is 0.504 e. The molecule has 1 unspecified atom stereocenters. The highest BCUT2D eigenvalue weighted by Gasteiger charge is 2.43. The number of carbonyl (C=O) groups is 1. The minimum absolute atomic E-state index is 0.0138. The number of rotatable bonds is 5. The topological polar surface area (TPSA) is 92.5 Å². The van der Waals surface area contributed by atoms with E-state index in [4.69, 9.17) is 13.9 Å². The molecule has 1 N–H and O–H groups in total. The molecule has 3 aromatic rings. The summed E-state index contributed by atoms with van der Waals surface area (Å²) in [5.74, 6) is 0.000603. The van der Waals surface area contributed by atoms with Gasteiger partial charge >= 0.3 is 0 Å². The third-order valence-corrected chi connectivity index (χ3v) is 6.70. The Labute approximate surface area is 198 Å². The van der Waals surface area contributed by atoms with E-state index < -0.39 is 6.04 Å². The molecule has 2 aliphatic rings. The fraction of sp³-hybridized carbons (Fsp3) is 0.333. The van der Waals surface area contributed by atoms with Gasteiger partial charge in [-0.05, 0) is 35.9 Å². The number of carbonyl (C=O) groups excluding carboxylic acids is 1. The predicted molar refractivity (Wildman–Crippen MR) is 125 cm³/mol. The number of amides is 1. The summed E-state index contributed by atoms with van der Waals surface area (Å²) in [6, 6.07) is 9.39. The third kappa shape index (κ3) is 3.90. The van der Waals surface area contributed by atoms with Crippen LogP contribution in [0.5, 0.6) is 11.5 Å². The zero-order chi connectivity index (χ0) is 23.1. The summed E-state index contributed by atoms with van der Waals surface area (Å²) in [6.45, 7) is 3.97. The molecule has 8 nitrogen and oxygen atoms in total. The number of halogens is 1. The standard InChI is InChI=1S/C24H23BrN2O6/c1-31-19-12-14(2-4-17(19)28)21-20-22(29)16-13-15(25)3-5-18(16)33-23(20)24(30)27(21)7-6-26-8-10-32-11-9-26/h2-5,12-13,21,28H,6-11H2,1H3. The van der Waals surface area contributed by atoms with E-state index in [0.717, 1.165) is 17.6 Å². The van der Waals surface area contributed by atoms with E-state index in [-0.39, 0.29) is 28.6 Å². The monoisotopic (exact) mass is 514 g/mol. The van der Waals surface area contributed by atoms with Gasteiger partial charge in [-0.1, -0.05) is 22.0 Å². The Bertz CT molecular complexity index is 1280. The lowest BCUT2D eigenvalue weighted by molar-refractivity contribution is 0.0314. The van der Waals surface area contributed by atoms with E-state index in [1.54, 1.807) is 35.2 Å². The van der Waals surface area contributed by atoms with E-state index in [1.807, 2.05) is 0 Å². The quantitative estimate of drug-likeness (QED) is 0.558. The number of phenols is 1. The van der Waals surface area contributed by atoms with Crippen LogP contribution in [0.4, 0.5) is 0 Å². The molecule has 1 atom stereocenters. The predicted octanol–water partition coefficient (Wildman–Crippen LogP) is 3.15. The highest BCUT2D eigenvalue weighted by Crippen LogP contribution is 2.40. The molecule has 0 aliphatic carbocycles.